The number of nitriles is 1. The number of carbonyl (C=O) groups is 1. The Kier molecular flexibility index (Phi) is 7.81. The van der Waals surface area contributed by atoms with Gasteiger partial charge >= 0.3 is 0 Å². The second kappa shape index (κ2) is 11.1. The fraction of sp³-hybridized carbons (Fsp3) is 0.133. The van der Waals surface area contributed by atoms with E-state index < -0.39 is 27.3 Å². The van der Waals surface area contributed by atoms with E-state index in [9.17, 15) is 17.6 Å². The zero-order valence-corrected chi connectivity index (χ0v) is 22.3. The van der Waals surface area contributed by atoms with Gasteiger partial charge in [-0.1, -0.05) is 36.4 Å². The molecule has 0 aliphatic heterocycles. The molecule has 198 valence electrons. The molecule has 0 saturated heterocycles. The number of carbonyl (C=O) groups excluding carboxylic acids is 1. The Hall–Kier alpha value is -4.52. The largest absolute Gasteiger partial charge is 0.455 e. The summed E-state index contributed by atoms with van der Waals surface area (Å²) in [6.45, 7) is 5.29. The van der Waals surface area contributed by atoms with Gasteiger partial charge in [-0.2, -0.15) is 5.26 Å². The zero-order chi connectivity index (χ0) is 28.2. The van der Waals surface area contributed by atoms with Crippen molar-refractivity contribution in [3.05, 3.63) is 108 Å². The number of rotatable bonds is 7. The monoisotopic (exact) mass is 543 g/mol. The van der Waals surface area contributed by atoms with Crippen LogP contribution in [0.4, 0.5) is 10.1 Å². The maximum Gasteiger partial charge on any atom is 0.255 e. The maximum atomic E-state index is 14.0. The van der Waals surface area contributed by atoms with Crippen LogP contribution in [0.1, 0.15) is 36.7 Å². The average Bonchev–Trinajstić information content (AvgIpc) is 2.89. The first-order valence-corrected chi connectivity index (χ1v) is 13.5. The first kappa shape index (κ1) is 27.5. The van der Waals surface area contributed by atoms with Gasteiger partial charge in [-0.3, -0.25) is 4.79 Å². The highest BCUT2D eigenvalue weighted by Crippen LogP contribution is 2.32. The number of hydrogen-bond donors (Lipinski definition) is 2. The van der Waals surface area contributed by atoms with Crippen LogP contribution in [0.3, 0.4) is 0 Å². The Balaban J connectivity index is 1.58. The van der Waals surface area contributed by atoms with E-state index in [4.69, 9.17) is 10.00 Å². The van der Waals surface area contributed by atoms with Crippen LogP contribution < -0.4 is 14.8 Å². The van der Waals surface area contributed by atoms with Gasteiger partial charge in [0.2, 0.25) is 10.0 Å². The van der Waals surface area contributed by atoms with Crippen LogP contribution in [0.25, 0.3) is 11.1 Å². The lowest BCUT2D eigenvalue weighted by atomic mass is 10.0. The van der Waals surface area contributed by atoms with Gasteiger partial charge in [0, 0.05) is 22.7 Å². The molecule has 0 unspecified atom stereocenters. The van der Waals surface area contributed by atoms with E-state index in [2.05, 4.69) is 10.0 Å². The van der Waals surface area contributed by atoms with Crippen LogP contribution in [0.2, 0.25) is 0 Å². The van der Waals surface area contributed by atoms with Crippen LogP contribution in [0.15, 0.2) is 95.9 Å². The Morgan fingerprint density at radius 1 is 0.923 bits per heavy atom. The quantitative estimate of drug-likeness (QED) is 0.277. The standard InChI is InChI=1S/C30H26FN3O4S/c1-30(2,3)34-39(36,37)28-10-5-4-9-25(28)21-11-13-22(14-12-21)29(35)33-26-18-23(31)15-16-27(26)38-24-8-6-7-20(17-24)19-32/h4-18,34H,1-3H3,(H,33,35). The second-order valence-electron chi connectivity index (χ2n) is 9.77. The van der Waals surface area contributed by atoms with Gasteiger partial charge in [0.05, 0.1) is 22.2 Å². The molecule has 0 atom stereocenters. The van der Waals surface area contributed by atoms with Crippen LogP contribution in [0.5, 0.6) is 11.5 Å². The number of anilines is 1. The molecular formula is C30H26FN3O4S. The van der Waals surface area contributed by atoms with E-state index in [1.165, 1.54) is 24.3 Å². The van der Waals surface area contributed by atoms with Crippen molar-refractivity contribution >= 4 is 21.6 Å². The summed E-state index contributed by atoms with van der Waals surface area (Å²) in [4.78, 5) is 13.1. The van der Waals surface area contributed by atoms with Crippen LogP contribution in [-0.2, 0) is 10.0 Å². The molecule has 39 heavy (non-hydrogen) atoms. The van der Waals surface area contributed by atoms with E-state index in [1.807, 2.05) is 6.07 Å². The summed E-state index contributed by atoms with van der Waals surface area (Å²) in [7, 11) is -3.80. The number of benzene rings is 4. The number of nitrogens with one attached hydrogen (secondary N) is 2. The molecule has 0 aliphatic rings. The molecule has 4 aromatic carbocycles. The molecule has 4 rings (SSSR count). The lowest BCUT2D eigenvalue weighted by Crippen LogP contribution is -2.40. The molecule has 0 saturated carbocycles. The van der Waals surface area contributed by atoms with Crippen LogP contribution in [-0.4, -0.2) is 19.9 Å². The zero-order valence-electron chi connectivity index (χ0n) is 21.5. The van der Waals surface area contributed by atoms with Gasteiger partial charge in [0.25, 0.3) is 5.91 Å². The first-order chi connectivity index (χ1) is 18.4. The third-order valence-electron chi connectivity index (χ3n) is 5.46. The number of amides is 1. The van der Waals surface area contributed by atoms with Crippen molar-refractivity contribution in [3.8, 4) is 28.7 Å². The summed E-state index contributed by atoms with van der Waals surface area (Å²) >= 11 is 0. The Morgan fingerprint density at radius 2 is 1.64 bits per heavy atom. The second-order valence-corrected chi connectivity index (χ2v) is 11.4. The molecule has 0 bridgehead atoms. The number of hydrogen-bond acceptors (Lipinski definition) is 5. The number of ether oxygens (including phenoxy) is 1. The maximum absolute atomic E-state index is 14.0. The molecule has 0 fully saturated rings. The summed E-state index contributed by atoms with van der Waals surface area (Å²) in [5, 5.41) is 11.8. The molecule has 0 radical (unpaired) electrons. The van der Waals surface area contributed by atoms with Crippen LogP contribution in [0, 0.1) is 17.1 Å². The van der Waals surface area contributed by atoms with Crippen molar-refractivity contribution in [2.45, 2.75) is 31.2 Å². The first-order valence-electron chi connectivity index (χ1n) is 12.0. The molecule has 4 aromatic rings. The van der Waals surface area contributed by atoms with E-state index in [1.54, 1.807) is 81.4 Å². The Morgan fingerprint density at radius 3 is 2.33 bits per heavy atom. The molecule has 7 nitrogen and oxygen atoms in total. The lowest BCUT2D eigenvalue weighted by molar-refractivity contribution is 0.102. The minimum absolute atomic E-state index is 0.108. The lowest BCUT2D eigenvalue weighted by Gasteiger charge is -2.21. The van der Waals surface area contributed by atoms with Gasteiger partial charge in [0.15, 0.2) is 5.75 Å². The smallest absolute Gasteiger partial charge is 0.255 e. The molecule has 1 amide bonds. The van der Waals surface area contributed by atoms with Crippen molar-refractivity contribution in [3.63, 3.8) is 0 Å². The van der Waals surface area contributed by atoms with Crippen molar-refractivity contribution in [1.29, 1.82) is 5.26 Å². The fourth-order valence-corrected chi connectivity index (χ4v) is 5.49. The van der Waals surface area contributed by atoms with Gasteiger partial charge in [-0.15, -0.1) is 0 Å². The van der Waals surface area contributed by atoms with Gasteiger partial charge < -0.3 is 10.1 Å². The summed E-state index contributed by atoms with van der Waals surface area (Å²) < 4.78 is 48.5. The van der Waals surface area contributed by atoms with Crippen LogP contribution >= 0.6 is 0 Å². The van der Waals surface area contributed by atoms with Crippen molar-refractivity contribution in [2.24, 2.45) is 0 Å². The summed E-state index contributed by atoms with van der Waals surface area (Å²) in [5.41, 5.74) is 1.20. The van der Waals surface area contributed by atoms with E-state index in [0.717, 1.165) is 6.07 Å². The van der Waals surface area contributed by atoms with E-state index in [0.29, 0.717) is 22.4 Å². The summed E-state index contributed by atoms with van der Waals surface area (Å²) in [6, 6.07) is 25.2. The normalized spacial score (nSPS) is 11.5. The van der Waals surface area contributed by atoms with E-state index >= 15 is 0 Å². The number of halogens is 1. The van der Waals surface area contributed by atoms with Gasteiger partial charge in [-0.05, 0) is 74.9 Å². The third-order valence-corrected chi connectivity index (χ3v) is 7.27. The fourth-order valence-electron chi connectivity index (χ4n) is 3.84. The minimum Gasteiger partial charge on any atom is -0.455 e. The third kappa shape index (κ3) is 6.87. The van der Waals surface area contributed by atoms with Crippen molar-refractivity contribution in [1.82, 2.24) is 4.72 Å². The van der Waals surface area contributed by atoms with Crippen molar-refractivity contribution in [2.75, 3.05) is 5.32 Å². The predicted molar refractivity (Wildman–Crippen MR) is 148 cm³/mol. The molecule has 0 aliphatic carbocycles. The highest BCUT2D eigenvalue weighted by atomic mass is 32.2. The van der Waals surface area contributed by atoms with Gasteiger partial charge in [-0.25, -0.2) is 17.5 Å². The predicted octanol–water partition coefficient (Wildman–Crippen LogP) is 6.49. The molecule has 0 aromatic heterocycles. The summed E-state index contributed by atoms with van der Waals surface area (Å²) in [6.07, 6.45) is 0. The minimum atomic E-state index is -3.80. The topological polar surface area (TPSA) is 108 Å². The molecule has 2 N–H and O–H groups in total. The number of nitrogens with zero attached hydrogens (tertiary/aromatic N) is 1. The summed E-state index contributed by atoms with van der Waals surface area (Å²) in [5.74, 6) is -0.532. The van der Waals surface area contributed by atoms with Gasteiger partial charge in [0.1, 0.15) is 11.6 Å². The Labute approximate surface area is 226 Å². The molecular weight excluding hydrogens is 517 g/mol. The van der Waals surface area contributed by atoms with Crippen molar-refractivity contribution < 1.29 is 22.3 Å². The average molecular weight is 544 g/mol. The SMILES string of the molecule is CC(C)(C)NS(=O)(=O)c1ccccc1-c1ccc(C(=O)Nc2cc(F)ccc2Oc2cccc(C#N)c2)cc1. The molecule has 0 heterocycles. The highest BCUT2D eigenvalue weighted by molar-refractivity contribution is 7.89. The number of sulfonamides is 1. The molecule has 9 heteroatoms. The molecule has 0 spiro atoms. The Bertz CT molecular complexity index is 1670. The van der Waals surface area contributed by atoms with E-state index in [-0.39, 0.29) is 21.9 Å². The highest BCUT2D eigenvalue weighted by Gasteiger charge is 2.25.